The summed E-state index contributed by atoms with van der Waals surface area (Å²) in [7, 11) is -5.16. The summed E-state index contributed by atoms with van der Waals surface area (Å²) in [6, 6.07) is 0. The molecule has 0 aromatic heterocycles. The van der Waals surface area contributed by atoms with E-state index in [0.29, 0.717) is 10.7 Å². The Morgan fingerprint density at radius 2 is 1.00 bits per heavy atom. The summed E-state index contributed by atoms with van der Waals surface area (Å²) in [5.41, 5.74) is 0. The molecule has 0 saturated heterocycles. The minimum absolute atomic E-state index is 0.0163. The van der Waals surface area contributed by atoms with E-state index in [0.717, 1.165) is 0 Å². The predicted octanol–water partition coefficient (Wildman–Crippen LogP) is -1.81. The van der Waals surface area contributed by atoms with Gasteiger partial charge in [0.2, 0.25) is 20.6 Å². The second-order valence-electron chi connectivity index (χ2n) is 2.34. The topological polar surface area (TPSA) is 126 Å². The van der Waals surface area contributed by atoms with Gasteiger partial charge in [0.1, 0.15) is 10.7 Å². The third-order valence-electron chi connectivity index (χ3n) is 1.13. The molecule has 8 nitrogen and oxygen atoms in total. The molecule has 0 aliphatic heterocycles. The first-order valence-corrected chi connectivity index (χ1v) is 7.11. The second-order valence-corrected chi connectivity index (χ2v) is 3.85. The molecule has 0 saturated carbocycles. The van der Waals surface area contributed by atoms with E-state index in [2.05, 4.69) is 36.9 Å². The first-order valence-electron chi connectivity index (χ1n) is 4.83. The Hall–Kier alpha value is -2.20. The number of carbonyl (C=O) groups excluding carboxylic acids is 2. The zero-order valence-electron chi connectivity index (χ0n) is 10.7. The fourth-order valence-electron chi connectivity index (χ4n) is 0.630. The third-order valence-corrected chi connectivity index (χ3v) is 1.94. The molecule has 0 aromatic carbocycles. The van der Waals surface area contributed by atoms with Crippen LogP contribution in [0.2, 0.25) is 0 Å². The van der Waals surface area contributed by atoms with Crippen molar-refractivity contribution >= 4 is 43.1 Å². The highest BCUT2D eigenvalue weighted by Crippen LogP contribution is 1.62. The molecule has 10 heteroatoms. The highest BCUT2D eigenvalue weighted by Gasteiger charge is 1.98. The summed E-state index contributed by atoms with van der Waals surface area (Å²) in [4.78, 5) is 21.4. The van der Waals surface area contributed by atoms with E-state index >= 15 is 0 Å². The minimum atomic E-state index is -2.58. The van der Waals surface area contributed by atoms with Crippen LogP contribution < -0.4 is 10.6 Å². The van der Waals surface area contributed by atoms with E-state index in [-0.39, 0.29) is 13.1 Å². The third kappa shape index (κ3) is 21.1. The molecule has 114 valence electrons. The van der Waals surface area contributed by atoms with Crippen LogP contribution in [0.5, 0.6) is 0 Å². The Morgan fingerprint density at radius 3 is 1.20 bits per heavy atom. The highest BCUT2D eigenvalue weighted by atomic mass is 32.2. The number of amides is 2. The molecule has 0 radical (unpaired) electrons. The number of nitrogens with one attached hydrogen (secondary N) is 2. The smallest absolute Gasteiger partial charge is 0.259 e. The standard InChI is InChI=1S/C6H8N2O6S2.2C2H4/c9-5(3-15(11)12)7-1-2-8-6(10)4-16(13)14;2*1-2/h3-4H,1-2H2,(H,7,9)(H,8,10);2*1-2H2. The zero-order valence-corrected chi connectivity index (χ0v) is 12.3. The number of hydrogen-bond acceptors (Lipinski definition) is 6. The van der Waals surface area contributed by atoms with Crippen molar-refractivity contribution in [2.45, 2.75) is 0 Å². The molecular formula is C10H16N2O6S2. The first-order chi connectivity index (χ1) is 9.41. The normalized spacial score (nSPS) is 7.40. The van der Waals surface area contributed by atoms with Crippen molar-refractivity contribution < 1.29 is 26.4 Å². The van der Waals surface area contributed by atoms with Gasteiger partial charge in [0, 0.05) is 13.1 Å². The number of carbonyl (C=O) groups is 2. The van der Waals surface area contributed by atoms with Crippen molar-refractivity contribution in [3.63, 3.8) is 0 Å². The van der Waals surface area contributed by atoms with Crippen molar-refractivity contribution in [2.24, 2.45) is 0 Å². The second kappa shape index (κ2) is 16.8. The van der Waals surface area contributed by atoms with Crippen LogP contribution in [0.1, 0.15) is 0 Å². The van der Waals surface area contributed by atoms with Crippen molar-refractivity contribution in [2.75, 3.05) is 13.1 Å². The Kier molecular flexibility index (Phi) is 19.3. The Labute approximate surface area is 120 Å². The SMILES string of the molecule is C=C.C=C.O=C(C=S(=O)=O)NCCNC(=O)C=S(=O)=O. The molecule has 2 N–H and O–H groups in total. The van der Waals surface area contributed by atoms with Crippen LogP contribution in [-0.4, -0.2) is 52.5 Å². The maximum Gasteiger partial charge on any atom is 0.259 e. The van der Waals surface area contributed by atoms with Gasteiger partial charge in [-0.25, -0.2) is 0 Å². The van der Waals surface area contributed by atoms with E-state index in [1.54, 1.807) is 0 Å². The van der Waals surface area contributed by atoms with Gasteiger partial charge in [0.05, 0.1) is 0 Å². The molecule has 0 spiro atoms. The van der Waals surface area contributed by atoms with Crippen LogP contribution in [-0.2, 0) is 30.2 Å². The molecule has 0 bridgehead atoms. The predicted molar refractivity (Wildman–Crippen MR) is 78.5 cm³/mol. The highest BCUT2D eigenvalue weighted by molar-refractivity contribution is 7.73. The largest absolute Gasteiger partial charge is 0.350 e. The molecule has 0 fully saturated rings. The van der Waals surface area contributed by atoms with Gasteiger partial charge in [0.15, 0.2) is 0 Å². The average Bonchev–Trinajstić information content (AvgIpc) is 2.38. The van der Waals surface area contributed by atoms with Crippen molar-refractivity contribution in [3.05, 3.63) is 26.3 Å². The molecule has 0 unspecified atom stereocenters. The summed E-state index contributed by atoms with van der Waals surface area (Å²) >= 11 is 0. The molecule has 0 atom stereocenters. The van der Waals surface area contributed by atoms with Gasteiger partial charge in [0.25, 0.3) is 11.8 Å². The van der Waals surface area contributed by atoms with Gasteiger partial charge in [-0.15, -0.1) is 26.3 Å². The zero-order chi connectivity index (χ0) is 16.6. The van der Waals surface area contributed by atoms with Crippen LogP contribution in [0.25, 0.3) is 0 Å². The number of rotatable bonds is 5. The van der Waals surface area contributed by atoms with Crippen molar-refractivity contribution in [3.8, 4) is 0 Å². The van der Waals surface area contributed by atoms with Gasteiger partial charge in [-0.1, -0.05) is 0 Å². The van der Waals surface area contributed by atoms with Crippen LogP contribution in [0.3, 0.4) is 0 Å². The quantitative estimate of drug-likeness (QED) is 0.348. The molecule has 2 amide bonds. The van der Waals surface area contributed by atoms with Gasteiger partial charge < -0.3 is 10.6 Å². The number of hydrogen-bond donors (Lipinski definition) is 2. The average molecular weight is 324 g/mol. The van der Waals surface area contributed by atoms with Gasteiger partial charge in [-0.05, 0) is 0 Å². The summed E-state index contributed by atoms with van der Waals surface area (Å²) in [5.74, 6) is -1.64. The van der Waals surface area contributed by atoms with E-state index in [4.69, 9.17) is 0 Å². The fraction of sp³-hybridized carbons (Fsp3) is 0.200. The lowest BCUT2D eigenvalue weighted by atomic mass is 10.5. The monoisotopic (exact) mass is 324 g/mol. The van der Waals surface area contributed by atoms with E-state index < -0.39 is 32.4 Å². The van der Waals surface area contributed by atoms with E-state index in [1.165, 1.54) is 0 Å². The van der Waals surface area contributed by atoms with Gasteiger partial charge in [-0.3, -0.25) is 9.59 Å². The van der Waals surface area contributed by atoms with Crippen molar-refractivity contribution in [1.82, 2.24) is 10.6 Å². The molecule has 0 aliphatic carbocycles. The summed E-state index contributed by atoms with van der Waals surface area (Å²) in [6.45, 7) is 12.0. The fourth-order valence-corrected chi connectivity index (χ4v) is 1.15. The summed E-state index contributed by atoms with van der Waals surface area (Å²) < 4.78 is 40.0. The van der Waals surface area contributed by atoms with E-state index in [1.807, 2.05) is 0 Å². The van der Waals surface area contributed by atoms with Crippen LogP contribution in [0.15, 0.2) is 26.3 Å². The lowest BCUT2D eigenvalue weighted by molar-refractivity contribution is -0.116. The van der Waals surface area contributed by atoms with Crippen LogP contribution in [0.4, 0.5) is 0 Å². The van der Waals surface area contributed by atoms with Crippen LogP contribution >= 0.6 is 0 Å². The van der Waals surface area contributed by atoms with Gasteiger partial charge in [-0.2, -0.15) is 16.8 Å². The Morgan fingerprint density at radius 1 is 0.750 bits per heavy atom. The summed E-state index contributed by atoms with van der Waals surface area (Å²) in [6.07, 6.45) is 0. The maximum atomic E-state index is 10.7. The van der Waals surface area contributed by atoms with Crippen LogP contribution in [0, 0.1) is 0 Å². The Bertz CT molecular complexity index is 495. The van der Waals surface area contributed by atoms with Gasteiger partial charge >= 0.3 is 0 Å². The molecule has 0 heterocycles. The molecule has 0 aromatic rings. The van der Waals surface area contributed by atoms with Crippen molar-refractivity contribution in [1.29, 1.82) is 0 Å². The lowest BCUT2D eigenvalue weighted by Crippen LogP contribution is -2.35. The van der Waals surface area contributed by atoms with E-state index in [9.17, 15) is 26.4 Å². The molecule has 0 aliphatic rings. The summed E-state index contributed by atoms with van der Waals surface area (Å²) in [5, 5.41) is 5.17. The maximum absolute atomic E-state index is 10.7. The Balaban J connectivity index is -0.000000656. The molecule has 20 heavy (non-hydrogen) atoms. The lowest BCUT2D eigenvalue weighted by Gasteiger charge is -2.01. The molecule has 0 rings (SSSR count). The minimum Gasteiger partial charge on any atom is -0.350 e. The molecular weight excluding hydrogens is 308 g/mol. The first kappa shape index (κ1) is 22.9.